The molecule has 0 aliphatic carbocycles. The molecule has 0 aromatic heterocycles. The number of hydrogen-bond donors (Lipinski definition) is 0. The Balaban J connectivity index is 2.27. The van der Waals surface area contributed by atoms with Crippen LogP contribution in [-0.4, -0.2) is 37.1 Å². The van der Waals surface area contributed by atoms with Gasteiger partial charge in [-0.05, 0) is 61.4 Å². The maximum atomic E-state index is 13.5. The van der Waals surface area contributed by atoms with Crippen molar-refractivity contribution in [2.45, 2.75) is 37.8 Å². The summed E-state index contributed by atoms with van der Waals surface area (Å²) in [7, 11) is 1.48. The van der Waals surface area contributed by atoms with Gasteiger partial charge in [0.25, 0.3) is 5.91 Å². The molecular weight excluding hydrogens is 434 g/mol. The van der Waals surface area contributed by atoms with Gasteiger partial charge in [0, 0.05) is 29.2 Å². The van der Waals surface area contributed by atoms with Gasteiger partial charge in [0.2, 0.25) is 0 Å². The summed E-state index contributed by atoms with van der Waals surface area (Å²) in [6, 6.07) is 10.7. The van der Waals surface area contributed by atoms with Gasteiger partial charge in [-0.3, -0.25) is 9.59 Å². The zero-order valence-corrected chi connectivity index (χ0v) is 18.7. The van der Waals surface area contributed by atoms with Crippen LogP contribution in [0, 0.1) is 0 Å². The predicted molar refractivity (Wildman–Crippen MR) is 118 cm³/mol. The summed E-state index contributed by atoms with van der Waals surface area (Å²) >= 11 is 5.96. The smallest absolute Gasteiger partial charge is 0.303 e. The van der Waals surface area contributed by atoms with Crippen LogP contribution in [0.15, 0.2) is 55.1 Å². The van der Waals surface area contributed by atoms with Crippen LogP contribution in [0.4, 0.5) is 5.69 Å². The molecule has 0 radical (unpaired) electrons. The Morgan fingerprint density at radius 1 is 1.25 bits per heavy atom. The van der Waals surface area contributed by atoms with E-state index >= 15 is 0 Å². The number of amides is 1. The topological polar surface area (TPSA) is 96.0 Å². The quantitative estimate of drug-likeness (QED) is 0.469. The summed E-state index contributed by atoms with van der Waals surface area (Å²) in [4.78, 5) is 39.1. The molecule has 0 saturated carbocycles. The number of ether oxygens (including phenoxy) is 2. The highest BCUT2D eigenvalue weighted by molar-refractivity contribution is 6.30. The molecule has 1 aliphatic rings. The summed E-state index contributed by atoms with van der Waals surface area (Å²) in [6.45, 7) is 6.61. The molecule has 8 heteroatoms. The van der Waals surface area contributed by atoms with Gasteiger partial charge >= 0.3 is 5.97 Å². The molecule has 1 amide bonds. The lowest BCUT2D eigenvalue weighted by Crippen LogP contribution is -2.58. The van der Waals surface area contributed by atoms with Crippen LogP contribution >= 0.6 is 11.6 Å². The third kappa shape index (κ3) is 3.84. The first-order valence-corrected chi connectivity index (χ1v) is 10.3. The highest BCUT2D eigenvalue weighted by Gasteiger charge is 2.56. The fraction of sp³-hybridized carbons (Fsp3) is 0.292. The van der Waals surface area contributed by atoms with E-state index in [0.717, 1.165) is 6.92 Å². The number of carbonyl (C=O) groups excluding carboxylic acids is 3. The maximum absolute atomic E-state index is 13.5. The predicted octanol–water partition coefficient (Wildman–Crippen LogP) is 2.89. The number of allylic oxidation sites excluding steroid dienone is 1. The van der Waals surface area contributed by atoms with E-state index in [4.69, 9.17) is 21.1 Å². The monoisotopic (exact) mass is 456 g/mol. The van der Waals surface area contributed by atoms with Gasteiger partial charge in [-0.1, -0.05) is 17.7 Å². The van der Waals surface area contributed by atoms with E-state index in [9.17, 15) is 19.5 Å². The van der Waals surface area contributed by atoms with Crippen molar-refractivity contribution in [1.82, 2.24) is 0 Å². The summed E-state index contributed by atoms with van der Waals surface area (Å²) in [5.41, 5.74) is -0.00601. The molecule has 3 atom stereocenters. The van der Waals surface area contributed by atoms with Crippen LogP contribution in [0.2, 0.25) is 5.02 Å². The third-order valence-corrected chi connectivity index (χ3v) is 6.11. The van der Waals surface area contributed by atoms with E-state index < -0.39 is 29.5 Å². The van der Waals surface area contributed by atoms with Crippen molar-refractivity contribution in [3.05, 3.63) is 71.3 Å². The van der Waals surface area contributed by atoms with E-state index in [1.807, 2.05) is 0 Å². The average Bonchev–Trinajstić information content (AvgIpc) is 3.00. The Morgan fingerprint density at radius 3 is 2.44 bits per heavy atom. The molecule has 1 aliphatic heterocycles. The van der Waals surface area contributed by atoms with Gasteiger partial charge in [-0.2, -0.15) is 0 Å². The number of rotatable bonds is 7. The minimum Gasteiger partial charge on any atom is -0.546 e. The number of benzene rings is 2. The number of carbonyl (C=O) groups is 3. The standard InChI is InChI=1S/C24H24ClNO6/c1-5-12-24(21(23(29)30)32-15(3)27)14(2)26(20-11-10-18(31-4)13-19(20)24)22(28)16-6-8-17(25)9-7-16/h5-11,13-14,21H,1,12H2,2-4H3,(H,29,30)/p-1. The van der Waals surface area contributed by atoms with Gasteiger partial charge in [-0.15, -0.1) is 6.58 Å². The molecule has 7 nitrogen and oxygen atoms in total. The van der Waals surface area contributed by atoms with E-state index in [-0.39, 0.29) is 12.3 Å². The van der Waals surface area contributed by atoms with Crippen molar-refractivity contribution in [3.63, 3.8) is 0 Å². The first-order valence-electron chi connectivity index (χ1n) is 9.94. The fourth-order valence-corrected chi connectivity index (χ4v) is 4.55. The molecule has 2 aromatic carbocycles. The number of anilines is 1. The third-order valence-electron chi connectivity index (χ3n) is 5.86. The normalized spacial score (nSPS) is 20.2. The second-order valence-electron chi connectivity index (χ2n) is 7.58. The number of aliphatic carboxylic acids is 1. The van der Waals surface area contributed by atoms with E-state index in [1.165, 1.54) is 18.1 Å². The van der Waals surface area contributed by atoms with E-state index in [1.54, 1.807) is 49.4 Å². The number of carboxylic acids is 1. The molecular formula is C24H23ClNO6-. The molecule has 0 bridgehead atoms. The van der Waals surface area contributed by atoms with Crippen LogP contribution in [0.1, 0.15) is 36.2 Å². The second-order valence-corrected chi connectivity index (χ2v) is 8.02. The Kier molecular flexibility index (Phi) is 6.60. The lowest BCUT2D eigenvalue weighted by Gasteiger charge is -2.41. The summed E-state index contributed by atoms with van der Waals surface area (Å²) in [5, 5.41) is 12.7. The molecule has 32 heavy (non-hydrogen) atoms. The Labute approximate surface area is 191 Å². The molecule has 3 rings (SSSR count). The number of halogens is 1. The fourth-order valence-electron chi connectivity index (χ4n) is 4.42. The Morgan fingerprint density at radius 2 is 1.91 bits per heavy atom. The first-order chi connectivity index (χ1) is 15.2. The van der Waals surface area contributed by atoms with Gasteiger partial charge in [0.1, 0.15) is 5.75 Å². The molecule has 168 valence electrons. The lowest BCUT2D eigenvalue weighted by atomic mass is 9.69. The molecule has 0 N–H and O–H groups in total. The number of carboxylic acid groups (broad SMARTS) is 1. The number of fused-ring (bicyclic) bond motifs is 1. The molecule has 0 saturated heterocycles. The van der Waals surface area contributed by atoms with Crippen LogP contribution in [0.3, 0.4) is 0 Å². The highest BCUT2D eigenvalue weighted by atomic mass is 35.5. The second kappa shape index (κ2) is 9.04. The molecule has 3 unspecified atom stereocenters. The minimum absolute atomic E-state index is 0.102. The van der Waals surface area contributed by atoms with Crippen LogP contribution in [-0.2, 0) is 19.7 Å². The lowest BCUT2D eigenvalue weighted by molar-refractivity contribution is -0.318. The van der Waals surface area contributed by atoms with Gasteiger partial charge in [-0.25, -0.2) is 0 Å². The van der Waals surface area contributed by atoms with E-state index in [2.05, 4.69) is 6.58 Å². The van der Waals surface area contributed by atoms with Crippen molar-refractivity contribution < 1.29 is 29.0 Å². The van der Waals surface area contributed by atoms with Crippen LogP contribution in [0.25, 0.3) is 0 Å². The molecule has 0 fully saturated rings. The number of nitrogens with zero attached hydrogens (tertiary/aromatic N) is 1. The van der Waals surface area contributed by atoms with Crippen molar-refractivity contribution in [3.8, 4) is 5.75 Å². The average molecular weight is 457 g/mol. The Bertz CT molecular complexity index is 1070. The molecule has 2 aromatic rings. The Hall–Kier alpha value is -3.32. The molecule has 0 spiro atoms. The van der Waals surface area contributed by atoms with Crippen molar-refractivity contribution in [2.75, 3.05) is 12.0 Å². The number of esters is 1. The number of methoxy groups -OCH3 is 1. The number of hydrogen-bond acceptors (Lipinski definition) is 6. The largest absolute Gasteiger partial charge is 0.546 e. The van der Waals surface area contributed by atoms with Crippen LogP contribution in [0.5, 0.6) is 5.75 Å². The van der Waals surface area contributed by atoms with Gasteiger partial charge < -0.3 is 24.3 Å². The van der Waals surface area contributed by atoms with Gasteiger partial charge in [0.15, 0.2) is 6.10 Å². The summed E-state index contributed by atoms with van der Waals surface area (Å²) in [5.74, 6) is -2.23. The first kappa shape index (κ1) is 23.3. The van der Waals surface area contributed by atoms with Crippen molar-refractivity contribution in [2.24, 2.45) is 0 Å². The summed E-state index contributed by atoms with van der Waals surface area (Å²) in [6.07, 6.45) is -0.0259. The maximum Gasteiger partial charge on any atom is 0.303 e. The van der Waals surface area contributed by atoms with Crippen LogP contribution < -0.4 is 14.7 Å². The van der Waals surface area contributed by atoms with Crippen molar-refractivity contribution in [1.29, 1.82) is 0 Å². The molecule has 1 heterocycles. The highest BCUT2D eigenvalue weighted by Crippen LogP contribution is 2.52. The zero-order chi connectivity index (χ0) is 23.6. The SMILES string of the molecule is C=CCC1(C(OC(C)=O)C(=O)[O-])c2cc(OC)ccc2N(C(=O)c2ccc(Cl)cc2)C1C. The van der Waals surface area contributed by atoms with E-state index in [0.29, 0.717) is 27.6 Å². The van der Waals surface area contributed by atoms with Gasteiger partial charge in [0.05, 0.1) is 18.5 Å². The summed E-state index contributed by atoms with van der Waals surface area (Å²) < 4.78 is 10.6. The minimum atomic E-state index is -1.66. The van der Waals surface area contributed by atoms with Crippen molar-refractivity contribution >= 4 is 35.1 Å². The zero-order valence-electron chi connectivity index (χ0n) is 18.0.